The third kappa shape index (κ3) is 2.96. The van der Waals surface area contributed by atoms with Crippen LogP contribution in [0.1, 0.15) is 28.5 Å². The Labute approximate surface area is 159 Å². The number of fused-ring (bicyclic) bond motifs is 2. The topological polar surface area (TPSA) is 25.2 Å². The van der Waals surface area contributed by atoms with Crippen molar-refractivity contribution in [3.8, 4) is 0 Å². The number of nitrogens with zero attached hydrogens (tertiary/aromatic N) is 2. The van der Waals surface area contributed by atoms with Crippen LogP contribution in [0.15, 0.2) is 52.3 Å². The van der Waals surface area contributed by atoms with Gasteiger partial charge >= 0.3 is 0 Å². The van der Waals surface area contributed by atoms with Crippen molar-refractivity contribution in [1.82, 2.24) is 9.47 Å². The first kappa shape index (κ1) is 16.6. The molecule has 5 heteroatoms. The zero-order valence-electron chi connectivity index (χ0n) is 14.0. The molecule has 1 aliphatic heterocycles. The molecule has 1 aromatic carbocycles. The van der Waals surface area contributed by atoms with Gasteiger partial charge in [0.25, 0.3) is 5.91 Å². The van der Waals surface area contributed by atoms with Crippen LogP contribution in [0.25, 0.3) is 10.2 Å². The predicted molar refractivity (Wildman–Crippen MR) is 107 cm³/mol. The number of carbonyl (C=O) groups excluding carboxylic acids is 1. The van der Waals surface area contributed by atoms with Gasteiger partial charge in [0.1, 0.15) is 5.69 Å². The summed E-state index contributed by atoms with van der Waals surface area (Å²) in [5.41, 5.74) is 4.51. The highest BCUT2D eigenvalue weighted by Gasteiger charge is 2.25. The molecule has 0 bridgehead atoms. The number of aromatic nitrogens is 1. The molecule has 128 valence electrons. The number of rotatable bonds is 3. The van der Waals surface area contributed by atoms with Gasteiger partial charge in [0, 0.05) is 25.0 Å². The van der Waals surface area contributed by atoms with E-state index in [0.717, 1.165) is 33.3 Å². The van der Waals surface area contributed by atoms with E-state index in [2.05, 4.69) is 56.2 Å². The second-order valence-electron chi connectivity index (χ2n) is 6.25. The zero-order valence-corrected chi connectivity index (χ0v) is 16.4. The van der Waals surface area contributed by atoms with Gasteiger partial charge in [-0.1, -0.05) is 36.4 Å². The van der Waals surface area contributed by atoms with Crippen LogP contribution in [-0.2, 0) is 19.5 Å². The summed E-state index contributed by atoms with van der Waals surface area (Å²) in [6.07, 6.45) is 5.04. The molecule has 0 N–H and O–H groups in total. The quantitative estimate of drug-likeness (QED) is 0.537. The minimum Gasteiger partial charge on any atom is -0.333 e. The Balaban J connectivity index is 1.71. The van der Waals surface area contributed by atoms with E-state index in [0.29, 0.717) is 13.1 Å². The van der Waals surface area contributed by atoms with E-state index in [1.807, 2.05) is 24.0 Å². The lowest BCUT2D eigenvalue weighted by Crippen LogP contribution is -2.37. The van der Waals surface area contributed by atoms with Gasteiger partial charge in [-0.25, -0.2) is 0 Å². The van der Waals surface area contributed by atoms with E-state index in [1.54, 1.807) is 11.3 Å². The molecule has 2 aromatic heterocycles. The van der Waals surface area contributed by atoms with Crippen LogP contribution < -0.4 is 0 Å². The minimum atomic E-state index is 0.120. The van der Waals surface area contributed by atoms with Crippen molar-refractivity contribution in [3.05, 3.63) is 69.2 Å². The fraction of sp³-hybridized carbons (Fsp3) is 0.250. The standard InChI is InChI=1S/C20H19BrN2OS/c1-2-3-9-23-17(11-18-19(23)16(21)13-25-18)20(24)22-10-8-14-6-4-5-7-15(14)12-22/h2-7,11,13H,8-10,12H2,1H3/b3-2+. The molecule has 0 unspecified atom stereocenters. The summed E-state index contributed by atoms with van der Waals surface area (Å²) in [7, 11) is 0. The Morgan fingerprint density at radius 3 is 2.92 bits per heavy atom. The van der Waals surface area contributed by atoms with Gasteiger partial charge in [-0.05, 0) is 46.5 Å². The van der Waals surface area contributed by atoms with E-state index in [9.17, 15) is 4.79 Å². The van der Waals surface area contributed by atoms with Gasteiger partial charge in [-0.2, -0.15) is 0 Å². The Kier molecular flexibility index (Phi) is 4.52. The van der Waals surface area contributed by atoms with E-state index in [4.69, 9.17) is 0 Å². The van der Waals surface area contributed by atoms with Crippen LogP contribution >= 0.6 is 27.3 Å². The number of halogens is 1. The minimum absolute atomic E-state index is 0.120. The zero-order chi connectivity index (χ0) is 17.4. The molecular formula is C20H19BrN2OS. The van der Waals surface area contributed by atoms with Crippen molar-refractivity contribution in [2.24, 2.45) is 0 Å². The van der Waals surface area contributed by atoms with Gasteiger partial charge in [0.05, 0.1) is 14.7 Å². The van der Waals surface area contributed by atoms with Crippen molar-refractivity contribution < 1.29 is 4.79 Å². The van der Waals surface area contributed by atoms with Gasteiger partial charge in [-0.3, -0.25) is 4.79 Å². The van der Waals surface area contributed by atoms with Crippen molar-refractivity contribution in [1.29, 1.82) is 0 Å². The monoisotopic (exact) mass is 414 g/mol. The molecule has 25 heavy (non-hydrogen) atoms. The summed E-state index contributed by atoms with van der Waals surface area (Å²) in [6, 6.07) is 10.5. The average Bonchev–Trinajstić information content (AvgIpc) is 3.19. The molecule has 1 amide bonds. The largest absolute Gasteiger partial charge is 0.333 e. The number of carbonyl (C=O) groups is 1. The number of amides is 1. The molecular weight excluding hydrogens is 396 g/mol. The first-order valence-corrected chi connectivity index (χ1v) is 10.1. The van der Waals surface area contributed by atoms with Crippen molar-refractivity contribution in [2.75, 3.05) is 6.54 Å². The molecule has 3 nitrogen and oxygen atoms in total. The summed E-state index contributed by atoms with van der Waals surface area (Å²) >= 11 is 5.30. The van der Waals surface area contributed by atoms with Crippen LogP contribution in [0.2, 0.25) is 0 Å². The molecule has 4 rings (SSSR count). The molecule has 1 aliphatic rings. The summed E-state index contributed by atoms with van der Waals surface area (Å²) in [5.74, 6) is 0.120. The first-order valence-electron chi connectivity index (χ1n) is 8.42. The second-order valence-corrected chi connectivity index (χ2v) is 8.02. The third-order valence-corrected chi connectivity index (χ3v) is 6.56. The second kappa shape index (κ2) is 6.81. The van der Waals surface area contributed by atoms with Crippen molar-refractivity contribution in [2.45, 2.75) is 26.4 Å². The molecule has 0 spiro atoms. The van der Waals surface area contributed by atoms with Crippen molar-refractivity contribution >= 4 is 43.4 Å². The third-order valence-electron chi connectivity index (χ3n) is 4.74. The summed E-state index contributed by atoms with van der Waals surface area (Å²) in [6.45, 7) is 4.19. The summed E-state index contributed by atoms with van der Waals surface area (Å²) < 4.78 is 4.33. The lowest BCUT2D eigenvalue weighted by Gasteiger charge is -2.29. The van der Waals surface area contributed by atoms with Gasteiger partial charge in [0.15, 0.2) is 0 Å². The van der Waals surface area contributed by atoms with Crippen LogP contribution in [-0.4, -0.2) is 21.9 Å². The molecule has 3 aromatic rings. The molecule has 0 fully saturated rings. The number of hydrogen-bond donors (Lipinski definition) is 0. The predicted octanol–water partition coefficient (Wildman–Crippen LogP) is 5.24. The molecule has 0 radical (unpaired) electrons. The van der Waals surface area contributed by atoms with Gasteiger partial charge in [0.2, 0.25) is 0 Å². The highest BCUT2D eigenvalue weighted by molar-refractivity contribution is 9.10. The molecule has 0 saturated heterocycles. The van der Waals surface area contributed by atoms with Crippen LogP contribution in [0.3, 0.4) is 0 Å². The molecule has 3 heterocycles. The lowest BCUT2D eigenvalue weighted by molar-refractivity contribution is 0.0725. The number of hydrogen-bond acceptors (Lipinski definition) is 2. The highest BCUT2D eigenvalue weighted by Crippen LogP contribution is 2.34. The Morgan fingerprint density at radius 2 is 2.12 bits per heavy atom. The highest BCUT2D eigenvalue weighted by atomic mass is 79.9. The Morgan fingerprint density at radius 1 is 1.32 bits per heavy atom. The maximum atomic E-state index is 13.2. The molecule has 0 atom stereocenters. The van der Waals surface area contributed by atoms with Crippen molar-refractivity contribution in [3.63, 3.8) is 0 Å². The van der Waals surface area contributed by atoms with E-state index in [1.165, 1.54) is 11.1 Å². The van der Waals surface area contributed by atoms with Crippen LogP contribution in [0.4, 0.5) is 0 Å². The van der Waals surface area contributed by atoms with Gasteiger partial charge in [-0.15, -0.1) is 11.3 Å². The van der Waals surface area contributed by atoms with Crippen LogP contribution in [0.5, 0.6) is 0 Å². The van der Waals surface area contributed by atoms with Crippen LogP contribution in [0, 0.1) is 0 Å². The normalized spacial score (nSPS) is 14.4. The average molecular weight is 415 g/mol. The Hall–Kier alpha value is -1.85. The maximum Gasteiger partial charge on any atom is 0.270 e. The lowest BCUT2D eigenvalue weighted by atomic mass is 10.00. The number of allylic oxidation sites excluding steroid dienone is 2. The molecule has 0 aliphatic carbocycles. The van der Waals surface area contributed by atoms with E-state index >= 15 is 0 Å². The number of thiophene rings is 1. The Bertz CT molecular complexity index is 969. The smallest absolute Gasteiger partial charge is 0.270 e. The van der Waals surface area contributed by atoms with E-state index < -0.39 is 0 Å². The fourth-order valence-corrected chi connectivity index (χ4v) is 5.13. The maximum absolute atomic E-state index is 13.2. The summed E-state index contributed by atoms with van der Waals surface area (Å²) in [5, 5.41) is 2.09. The molecule has 0 saturated carbocycles. The SMILES string of the molecule is C/C=C/Cn1c(C(=O)N2CCc3ccccc3C2)cc2scc(Br)c21. The van der Waals surface area contributed by atoms with Gasteiger partial charge < -0.3 is 9.47 Å². The number of benzene rings is 1. The fourth-order valence-electron chi connectivity index (χ4n) is 3.44. The first-order chi connectivity index (χ1) is 12.2. The summed E-state index contributed by atoms with van der Waals surface area (Å²) in [4.78, 5) is 15.2. The van der Waals surface area contributed by atoms with E-state index in [-0.39, 0.29) is 5.91 Å².